The lowest BCUT2D eigenvalue weighted by molar-refractivity contribution is 0.0850. The first kappa shape index (κ1) is 9.46. The highest BCUT2D eigenvalue weighted by atomic mass is 35.5. The van der Waals surface area contributed by atoms with Gasteiger partial charge in [0.05, 0.1) is 5.56 Å². The zero-order chi connectivity index (χ0) is 10.3. The summed E-state index contributed by atoms with van der Waals surface area (Å²) in [5, 5.41) is 0.218. The first-order valence-electron chi connectivity index (χ1n) is 4.33. The molecule has 0 N–H and O–H groups in total. The first-order valence-corrected chi connectivity index (χ1v) is 4.71. The minimum atomic E-state index is -0.572. The van der Waals surface area contributed by atoms with Crippen molar-refractivity contribution in [2.75, 3.05) is 0 Å². The summed E-state index contributed by atoms with van der Waals surface area (Å²) in [6, 6.07) is 2.59. The van der Waals surface area contributed by atoms with Crippen LogP contribution in [0.2, 0.25) is 5.02 Å². The monoisotopic (exact) mass is 214 g/mol. The van der Waals surface area contributed by atoms with Crippen molar-refractivity contribution >= 4 is 17.4 Å². The number of hydrogen-bond acceptors (Lipinski definition) is 2. The van der Waals surface area contributed by atoms with Gasteiger partial charge in [0.2, 0.25) is 5.78 Å². The zero-order valence-corrected chi connectivity index (χ0v) is 8.27. The standard InChI is InChI=1S/C10H8ClFO2/c1-2-8-9(13)6-3-5(11)4-7(12)10(6)14-8/h3-4,8H,2H2,1H3. The molecule has 14 heavy (non-hydrogen) atoms. The van der Waals surface area contributed by atoms with Crippen molar-refractivity contribution in [3.63, 3.8) is 0 Å². The van der Waals surface area contributed by atoms with Crippen molar-refractivity contribution in [1.29, 1.82) is 0 Å². The Kier molecular flexibility index (Phi) is 2.19. The second kappa shape index (κ2) is 3.24. The van der Waals surface area contributed by atoms with E-state index in [9.17, 15) is 9.18 Å². The summed E-state index contributed by atoms with van der Waals surface area (Å²) in [4.78, 5) is 11.6. The van der Waals surface area contributed by atoms with Gasteiger partial charge in [-0.3, -0.25) is 4.79 Å². The number of benzene rings is 1. The molecule has 4 heteroatoms. The van der Waals surface area contributed by atoms with Crippen LogP contribution >= 0.6 is 11.6 Å². The Hall–Kier alpha value is -1.09. The Labute approximate surface area is 85.6 Å². The van der Waals surface area contributed by atoms with E-state index in [1.54, 1.807) is 0 Å². The van der Waals surface area contributed by atoms with Gasteiger partial charge in [-0.1, -0.05) is 18.5 Å². The summed E-state index contributed by atoms with van der Waals surface area (Å²) in [5.41, 5.74) is 0.252. The number of carbonyl (C=O) groups excluding carboxylic acids is 1. The molecule has 0 fully saturated rings. The van der Waals surface area contributed by atoms with E-state index in [1.165, 1.54) is 6.07 Å². The molecule has 0 aliphatic carbocycles. The number of rotatable bonds is 1. The topological polar surface area (TPSA) is 26.3 Å². The van der Waals surface area contributed by atoms with Crippen LogP contribution in [0.5, 0.6) is 5.75 Å². The third kappa shape index (κ3) is 1.28. The van der Waals surface area contributed by atoms with Crippen LogP contribution in [0.4, 0.5) is 4.39 Å². The molecule has 2 rings (SSSR count). The normalized spacial score (nSPS) is 19.4. The molecule has 1 aromatic rings. The maximum atomic E-state index is 13.3. The second-order valence-electron chi connectivity index (χ2n) is 3.14. The average molecular weight is 215 g/mol. The molecule has 1 aromatic carbocycles. The summed E-state index contributed by atoms with van der Waals surface area (Å²) in [7, 11) is 0. The molecule has 0 saturated carbocycles. The summed E-state index contributed by atoms with van der Waals surface area (Å²) in [6.07, 6.45) is -0.0251. The quantitative estimate of drug-likeness (QED) is 0.719. The van der Waals surface area contributed by atoms with E-state index >= 15 is 0 Å². The van der Waals surface area contributed by atoms with Crippen LogP contribution in [0.15, 0.2) is 12.1 Å². The van der Waals surface area contributed by atoms with Gasteiger partial charge in [-0.25, -0.2) is 4.39 Å². The summed E-state index contributed by atoms with van der Waals surface area (Å²) in [6.45, 7) is 1.81. The number of hydrogen-bond donors (Lipinski definition) is 0. The van der Waals surface area contributed by atoms with Crippen molar-refractivity contribution in [3.8, 4) is 5.75 Å². The lowest BCUT2D eigenvalue weighted by atomic mass is 10.1. The highest BCUT2D eigenvalue weighted by Gasteiger charge is 2.33. The van der Waals surface area contributed by atoms with Gasteiger partial charge < -0.3 is 4.74 Å². The van der Waals surface area contributed by atoms with Gasteiger partial charge in [0.15, 0.2) is 17.7 Å². The van der Waals surface area contributed by atoms with E-state index in [4.69, 9.17) is 16.3 Å². The van der Waals surface area contributed by atoms with E-state index < -0.39 is 11.9 Å². The van der Waals surface area contributed by atoms with Crippen LogP contribution < -0.4 is 4.74 Å². The lowest BCUT2D eigenvalue weighted by Gasteiger charge is -2.04. The van der Waals surface area contributed by atoms with Gasteiger partial charge in [0.1, 0.15) is 0 Å². The average Bonchev–Trinajstić information content (AvgIpc) is 2.44. The van der Waals surface area contributed by atoms with E-state index in [-0.39, 0.29) is 22.1 Å². The maximum Gasteiger partial charge on any atom is 0.207 e. The number of carbonyl (C=O) groups is 1. The summed E-state index contributed by atoms with van der Waals surface area (Å²) >= 11 is 5.64. The van der Waals surface area contributed by atoms with Gasteiger partial charge in [-0.05, 0) is 18.6 Å². The van der Waals surface area contributed by atoms with Crippen molar-refractivity contribution < 1.29 is 13.9 Å². The Morgan fingerprint density at radius 2 is 2.29 bits per heavy atom. The number of Topliss-reactive ketones (excluding diaryl/α,β-unsaturated/α-hetero) is 1. The highest BCUT2D eigenvalue weighted by molar-refractivity contribution is 6.31. The third-order valence-corrected chi connectivity index (χ3v) is 2.42. The van der Waals surface area contributed by atoms with E-state index in [2.05, 4.69) is 0 Å². The van der Waals surface area contributed by atoms with Gasteiger partial charge in [0.25, 0.3) is 0 Å². The fourth-order valence-corrected chi connectivity index (χ4v) is 1.71. The van der Waals surface area contributed by atoms with Crippen LogP contribution in [0.1, 0.15) is 23.7 Å². The van der Waals surface area contributed by atoms with Crippen molar-refractivity contribution in [2.45, 2.75) is 19.4 Å². The van der Waals surface area contributed by atoms with Gasteiger partial charge >= 0.3 is 0 Å². The number of fused-ring (bicyclic) bond motifs is 1. The van der Waals surface area contributed by atoms with Crippen LogP contribution in [-0.4, -0.2) is 11.9 Å². The smallest absolute Gasteiger partial charge is 0.207 e. The predicted molar refractivity (Wildman–Crippen MR) is 50.4 cm³/mol. The second-order valence-corrected chi connectivity index (χ2v) is 3.58. The van der Waals surface area contributed by atoms with Crippen molar-refractivity contribution in [2.24, 2.45) is 0 Å². The largest absolute Gasteiger partial charge is 0.478 e. The predicted octanol–water partition coefficient (Wildman–Crippen LogP) is 2.83. The highest BCUT2D eigenvalue weighted by Crippen LogP contribution is 2.34. The van der Waals surface area contributed by atoms with Gasteiger partial charge in [0, 0.05) is 5.02 Å². The lowest BCUT2D eigenvalue weighted by Crippen LogP contribution is -2.18. The Bertz CT molecular complexity index is 403. The van der Waals surface area contributed by atoms with E-state index in [1.807, 2.05) is 6.92 Å². The molecule has 0 amide bonds. The van der Waals surface area contributed by atoms with E-state index in [0.29, 0.717) is 6.42 Å². The molecule has 1 atom stereocenters. The third-order valence-electron chi connectivity index (χ3n) is 2.20. The number of ether oxygens (including phenoxy) is 1. The molecule has 0 spiro atoms. The van der Waals surface area contributed by atoms with Crippen molar-refractivity contribution in [1.82, 2.24) is 0 Å². The fraction of sp³-hybridized carbons (Fsp3) is 0.300. The molecule has 1 unspecified atom stereocenters. The van der Waals surface area contributed by atoms with E-state index in [0.717, 1.165) is 6.07 Å². The maximum absolute atomic E-state index is 13.3. The molecule has 1 heterocycles. The minimum Gasteiger partial charge on any atom is -0.478 e. The van der Waals surface area contributed by atoms with Crippen LogP contribution in [0.25, 0.3) is 0 Å². The van der Waals surface area contributed by atoms with Gasteiger partial charge in [-0.15, -0.1) is 0 Å². The molecule has 0 aromatic heterocycles. The number of ketones is 1. The molecular weight excluding hydrogens is 207 g/mol. The molecule has 74 valence electrons. The summed E-state index contributed by atoms with van der Waals surface area (Å²) in [5.74, 6) is -0.730. The van der Waals surface area contributed by atoms with Crippen LogP contribution in [0, 0.1) is 5.82 Å². The molecule has 2 nitrogen and oxygen atoms in total. The Balaban J connectivity index is 2.53. The van der Waals surface area contributed by atoms with Crippen LogP contribution in [0.3, 0.4) is 0 Å². The Morgan fingerprint density at radius 1 is 1.57 bits per heavy atom. The molecular formula is C10H8ClFO2. The minimum absolute atomic E-state index is 0.0336. The molecule has 1 aliphatic heterocycles. The van der Waals surface area contributed by atoms with Crippen LogP contribution in [-0.2, 0) is 0 Å². The SMILES string of the molecule is CCC1Oc2c(F)cc(Cl)cc2C1=O. The molecule has 0 bridgehead atoms. The first-order chi connectivity index (χ1) is 6.63. The molecule has 0 radical (unpaired) electrons. The Morgan fingerprint density at radius 3 is 2.93 bits per heavy atom. The molecule has 1 aliphatic rings. The summed E-state index contributed by atoms with van der Waals surface area (Å²) < 4.78 is 18.4. The molecule has 0 saturated heterocycles. The zero-order valence-electron chi connectivity index (χ0n) is 7.51. The number of halogens is 2. The van der Waals surface area contributed by atoms with Crippen molar-refractivity contribution in [3.05, 3.63) is 28.5 Å². The van der Waals surface area contributed by atoms with Gasteiger partial charge in [-0.2, -0.15) is 0 Å². The fourth-order valence-electron chi connectivity index (χ4n) is 1.50.